The molecule has 0 radical (unpaired) electrons. The van der Waals surface area contributed by atoms with E-state index < -0.39 is 0 Å². The van der Waals surface area contributed by atoms with Crippen molar-refractivity contribution >= 4 is 0 Å². The van der Waals surface area contributed by atoms with Crippen LogP contribution in [0.4, 0.5) is 0 Å². The average molecular weight is 138 g/mol. The zero-order valence-electron chi connectivity index (χ0n) is 6.43. The van der Waals surface area contributed by atoms with Crippen LogP contribution in [0.3, 0.4) is 0 Å². The molecule has 0 saturated carbocycles. The molecule has 0 aromatic rings. The monoisotopic (exact) mass is 138 g/mol. The Morgan fingerprint density at radius 2 is 2.30 bits per heavy atom. The van der Waals surface area contributed by atoms with E-state index in [1.165, 1.54) is 25.3 Å². The molecule has 0 rings (SSSR count). The predicted octanol–water partition coefficient (Wildman–Crippen LogP) is 1.80. The van der Waals surface area contributed by atoms with E-state index in [9.17, 15) is 0 Å². The summed E-state index contributed by atoms with van der Waals surface area (Å²) in [6, 6.07) is 1.92. The standard InChI is InChI=1S/C8H14N2/c1-2-3-4-7-10-8-5-6-9/h5,8,10H,2-4,7H2,1H3/b8-5+. The van der Waals surface area contributed by atoms with Gasteiger partial charge in [0.15, 0.2) is 0 Å². The summed E-state index contributed by atoms with van der Waals surface area (Å²) in [4.78, 5) is 0. The molecule has 0 aliphatic carbocycles. The lowest BCUT2D eigenvalue weighted by atomic mass is 10.2. The molecule has 0 heterocycles. The Kier molecular flexibility index (Phi) is 7.25. The number of hydrogen-bond acceptors (Lipinski definition) is 2. The molecule has 0 atom stereocenters. The lowest BCUT2D eigenvalue weighted by molar-refractivity contribution is 0.683. The van der Waals surface area contributed by atoms with Crippen LogP contribution in [0.2, 0.25) is 0 Å². The third kappa shape index (κ3) is 7.03. The smallest absolute Gasteiger partial charge is 0.0927 e. The van der Waals surface area contributed by atoms with Gasteiger partial charge in [-0.1, -0.05) is 19.8 Å². The number of nitriles is 1. The predicted molar refractivity (Wildman–Crippen MR) is 42.3 cm³/mol. The van der Waals surface area contributed by atoms with Gasteiger partial charge in [0.25, 0.3) is 0 Å². The first-order valence-corrected chi connectivity index (χ1v) is 3.69. The van der Waals surface area contributed by atoms with Crippen LogP contribution in [-0.2, 0) is 0 Å². The molecule has 0 spiro atoms. The lowest BCUT2D eigenvalue weighted by Gasteiger charge is -1.96. The third-order valence-electron chi connectivity index (χ3n) is 1.20. The second kappa shape index (κ2) is 8.03. The van der Waals surface area contributed by atoms with Crippen molar-refractivity contribution in [2.24, 2.45) is 0 Å². The zero-order valence-corrected chi connectivity index (χ0v) is 6.43. The van der Waals surface area contributed by atoms with Crippen molar-refractivity contribution < 1.29 is 0 Å². The van der Waals surface area contributed by atoms with Crippen molar-refractivity contribution in [3.8, 4) is 6.07 Å². The Balaban J connectivity index is 2.92. The van der Waals surface area contributed by atoms with Gasteiger partial charge in [-0.05, 0) is 6.42 Å². The largest absolute Gasteiger partial charge is 0.390 e. The Morgan fingerprint density at radius 1 is 1.50 bits per heavy atom. The number of rotatable bonds is 5. The molecular formula is C8H14N2. The summed E-state index contributed by atoms with van der Waals surface area (Å²) in [5, 5.41) is 11.1. The molecule has 0 aliphatic rings. The van der Waals surface area contributed by atoms with Crippen LogP contribution in [0.25, 0.3) is 0 Å². The fourth-order valence-corrected chi connectivity index (χ4v) is 0.657. The minimum absolute atomic E-state index is 0.978. The number of nitrogens with one attached hydrogen (secondary N) is 1. The van der Waals surface area contributed by atoms with E-state index in [1.54, 1.807) is 6.20 Å². The minimum atomic E-state index is 0.978. The van der Waals surface area contributed by atoms with E-state index in [4.69, 9.17) is 5.26 Å². The summed E-state index contributed by atoms with van der Waals surface area (Å²) in [6.07, 6.45) is 6.82. The molecule has 1 N–H and O–H groups in total. The minimum Gasteiger partial charge on any atom is -0.390 e. The highest BCUT2D eigenvalue weighted by atomic mass is 14.8. The van der Waals surface area contributed by atoms with Gasteiger partial charge in [-0.15, -0.1) is 0 Å². The molecule has 0 fully saturated rings. The van der Waals surface area contributed by atoms with Crippen molar-refractivity contribution in [3.63, 3.8) is 0 Å². The summed E-state index contributed by atoms with van der Waals surface area (Å²) in [7, 11) is 0. The number of unbranched alkanes of at least 4 members (excludes halogenated alkanes) is 2. The van der Waals surface area contributed by atoms with Crippen LogP contribution in [0.5, 0.6) is 0 Å². The lowest BCUT2D eigenvalue weighted by Crippen LogP contribution is -2.05. The van der Waals surface area contributed by atoms with Gasteiger partial charge in [0.2, 0.25) is 0 Å². The maximum atomic E-state index is 8.09. The molecular weight excluding hydrogens is 124 g/mol. The molecule has 2 nitrogen and oxygen atoms in total. The Bertz CT molecular complexity index is 122. The first kappa shape index (κ1) is 9.03. The van der Waals surface area contributed by atoms with E-state index in [0.717, 1.165) is 6.54 Å². The quantitative estimate of drug-likeness (QED) is 0.464. The second-order valence-corrected chi connectivity index (χ2v) is 2.12. The Morgan fingerprint density at radius 3 is 2.90 bits per heavy atom. The molecule has 10 heavy (non-hydrogen) atoms. The average Bonchev–Trinajstić information content (AvgIpc) is 1.97. The van der Waals surface area contributed by atoms with E-state index in [2.05, 4.69) is 12.2 Å². The Labute approximate surface area is 62.5 Å². The van der Waals surface area contributed by atoms with Gasteiger partial charge in [0, 0.05) is 18.8 Å². The van der Waals surface area contributed by atoms with Gasteiger partial charge < -0.3 is 5.32 Å². The van der Waals surface area contributed by atoms with E-state index >= 15 is 0 Å². The van der Waals surface area contributed by atoms with Gasteiger partial charge >= 0.3 is 0 Å². The van der Waals surface area contributed by atoms with Gasteiger partial charge in [0.05, 0.1) is 6.07 Å². The molecule has 0 aromatic heterocycles. The number of nitrogens with zero attached hydrogens (tertiary/aromatic N) is 1. The maximum absolute atomic E-state index is 8.09. The summed E-state index contributed by atoms with van der Waals surface area (Å²) in [6.45, 7) is 3.15. The van der Waals surface area contributed by atoms with Crippen molar-refractivity contribution in [1.82, 2.24) is 5.32 Å². The number of hydrogen-bond donors (Lipinski definition) is 1. The fraction of sp³-hybridized carbons (Fsp3) is 0.625. The first-order valence-electron chi connectivity index (χ1n) is 3.69. The summed E-state index contributed by atoms with van der Waals surface area (Å²) >= 11 is 0. The van der Waals surface area contributed by atoms with E-state index in [0.29, 0.717) is 0 Å². The topological polar surface area (TPSA) is 35.8 Å². The normalized spacial score (nSPS) is 9.60. The summed E-state index contributed by atoms with van der Waals surface area (Å²) < 4.78 is 0. The van der Waals surface area contributed by atoms with Crippen LogP contribution in [0, 0.1) is 11.3 Å². The van der Waals surface area contributed by atoms with Crippen LogP contribution >= 0.6 is 0 Å². The molecule has 0 saturated heterocycles. The van der Waals surface area contributed by atoms with E-state index in [1.807, 2.05) is 6.07 Å². The third-order valence-corrected chi connectivity index (χ3v) is 1.20. The first-order chi connectivity index (χ1) is 4.91. The van der Waals surface area contributed by atoms with Crippen LogP contribution < -0.4 is 5.32 Å². The fourth-order valence-electron chi connectivity index (χ4n) is 0.657. The van der Waals surface area contributed by atoms with E-state index in [-0.39, 0.29) is 0 Å². The van der Waals surface area contributed by atoms with Crippen LogP contribution in [0.1, 0.15) is 26.2 Å². The highest BCUT2D eigenvalue weighted by molar-refractivity contribution is 5.00. The molecule has 2 heteroatoms. The zero-order chi connectivity index (χ0) is 7.66. The van der Waals surface area contributed by atoms with Crippen LogP contribution in [0.15, 0.2) is 12.3 Å². The summed E-state index contributed by atoms with van der Waals surface area (Å²) in [5.74, 6) is 0. The van der Waals surface area contributed by atoms with Gasteiger partial charge in [-0.3, -0.25) is 0 Å². The molecule has 0 aromatic carbocycles. The van der Waals surface area contributed by atoms with Crippen molar-refractivity contribution in [2.45, 2.75) is 26.2 Å². The van der Waals surface area contributed by atoms with Crippen molar-refractivity contribution in [1.29, 1.82) is 5.26 Å². The van der Waals surface area contributed by atoms with Gasteiger partial charge in [-0.2, -0.15) is 5.26 Å². The van der Waals surface area contributed by atoms with Crippen molar-refractivity contribution in [2.75, 3.05) is 6.54 Å². The number of allylic oxidation sites excluding steroid dienone is 1. The van der Waals surface area contributed by atoms with Gasteiger partial charge in [0.1, 0.15) is 0 Å². The molecule has 0 amide bonds. The molecule has 0 bridgehead atoms. The maximum Gasteiger partial charge on any atom is 0.0927 e. The van der Waals surface area contributed by atoms with Crippen LogP contribution in [-0.4, -0.2) is 6.54 Å². The van der Waals surface area contributed by atoms with Crippen molar-refractivity contribution in [3.05, 3.63) is 12.3 Å². The highest BCUT2D eigenvalue weighted by Gasteiger charge is 1.80. The van der Waals surface area contributed by atoms with Gasteiger partial charge in [-0.25, -0.2) is 0 Å². The Hall–Kier alpha value is -0.970. The SMILES string of the molecule is CCCCCN/C=C/C#N. The summed E-state index contributed by atoms with van der Waals surface area (Å²) in [5.41, 5.74) is 0. The highest BCUT2D eigenvalue weighted by Crippen LogP contribution is 1.90. The second-order valence-electron chi connectivity index (χ2n) is 2.12. The molecule has 0 unspecified atom stereocenters. The molecule has 0 aliphatic heterocycles. The molecule has 56 valence electrons.